The average molecular weight is 292 g/mol. The van der Waals surface area contributed by atoms with Gasteiger partial charge in [0.15, 0.2) is 5.75 Å². The van der Waals surface area contributed by atoms with Crippen molar-refractivity contribution in [3.63, 3.8) is 0 Å². The summed E-state index contributed by atoms with van der Waals surface area (Å²) in [6.07, 6.45) is 3.59. The first kappa shape index (κ1) is 15.8. The van der Waals surface area contributed by atoms with Crippen molar-refractivity contribution in [1.82, 2.24) is 4.98 Å². The highest BCUT2D eigenvalue weighted by molar-refractivity contribution is 5.81. The van der Waals surface area contributed by atoms with Crippen molar-refractivity contribution in [3.05, 3.63) is 17.3 Å². The number of nitrogens with zero attached hydrogens (tertiary/aromatic N) is 2. The van der Waals surface area contributed by atoms with Crippen LogP contribution in [0.1, 0.15) is 31.5 Å². The molecule has 0 aromatic carbocycles. The van der Waals surface area contributed by atoms with Crippen LogP contribution in [-0.4, -0.2) is 44.7 Å². The minimum Gasteiger partial charge on any atom is -0.488 e. The van der Waals surface area contributed by atoms with E-state index in [1.54, 1.807) is 14.2 Å². The van der Waals surface area contributed by atoms with Gasteiger partial charge < -0.3 is 14.2 Å². The van der Waals surface area contributed by atoms with Crippen LogP contribution in [0.3, 0.4) is 0 Å². The van der Waals surface area contributed by atoms with Crippen molar-refractivity contribution in [1.29, 1.82) is 0 Å². The Morgan fingerprint density at radius 2 is 2.10 bits per heavy atom. The summed E-state index contributed by atoms with van der Waals surface area (Å²) in [6.45, 7) is 5.65. The summed E-state index contributed by atoms with van der Waals surface area (Å²) in [5, 5.41) is 0. The lowest BCUT2D eigenvalue weighted by Crippen LogP contribution is -2.22. The second kappa shape index (κ2) is 7.41. The van der Waals surface area contributed by atoms with E-state index in [0.717, 1.165) is 18.5 Å². The molecular formula is C16H24N2O3. The molecule has 21 heavy (non-hydrogen) atoms. The zero-order valence-corrected chi connectivity index (χ0v) is 13.3. The summed E-state index contributed by atoms with van der Waals surface area (Å²) in [5.74, 6) is 1.73. The van der Waals surface area contributed by atoms with E-state index in [1.165, 1.54) is 5.56 Å². The average Bonchev–Trinajstić information content (AvgIpc) is 2.50. The van der Waals surface area contributed by atoms with Gasteiger partial charge in [-0.15, -0.1) is 0 Å². The highest BCUT2D eigenvalue weighted by atomic mass is 16.5. The van der Waals surface area contributed by atoms with Crippen molar-refractivity contribution in [3.8, 4) is 11.6 Å². The van der Waals surface area contributed by atoms with Gasteiger partial charge >= 0.3 is 0 Å². The van der Waals surface area contributed by atoms with Gasteiger partial charge in [-0.05, 0) is 24.0 Å². The van der Waals surface area contributed by atoms with Crippen LogP contribution in [0.2, 0.25) is 0 Å². The van der Waals surface area contributed by atoms with Gasteiger partial charge in [-0.25, -0.2) is 4.98 Å². The Labute approximate surface area is 126 Å². The second-order valence-electron chi connectivity index (χ2n) is 5.53. The van der Waals surface area contributed by atoms with Gasteiger partial charge in [0.05, 0.1) is 25.5 Å². The molecule has 0 fully saturated rings. The maximum absolute atomic E-state index is 5.78. The molecule has 0 N–H and O–H groups in total. The zero-order valence-electron chi connectivity index (χ0n) is 13.3. The first-order chi connectivity index (χ1) is 10.2. The van der Waals surface area contributed by atoms with Crippen LogP contribution in [0.15, 0.2) is 11.1 Å². The van der Waals surface area contributed by atoms with E-state index in [4.69, 9.17) is 14.2 Å². The van der Waals surface area contributed by atoms with Crippen molar-refractivity contribution in [2.45, 2.75) is 32.7 Å². The predicted molar refractivity (Wildman–Crippen MR) is 82.7 cm³/mol. The molecule has 1 unspecified atom stereocenters. The molecular weight excluding hydrogens is 268 g/mol. The molecule has 0 spiro atoms. The van der Waals surface area contributed by atoms with Gasteiger partial charge in [-0.3, -0.25) is 4.99 Å². The fourth-order valence-corrected chi connectivity index (χ4v) is 2.29. The van der Waals surface area contributed by atoms with Gasteiger partial charge in [0.25, 0.3) is 5.88 Å². The molecule has 2 heterocycles. The van der Waals surface area contributed by atoms with Gasteiger partial charge in [0.2, 0.25) is 0 Å². The van der Waals surface area contributed by atoms with Crippen molar-refractivity contribution >= 4 is 6.21 Å². The molecule has 0 amide bonds. The van der Waals surface area contributed by atoms with Crippen LogP contribution in [0.4, 0.5) is 0 Å². The highest BCUT2D eigenvalue weighted by Gasteiger charge is 2.21. The lowest BCUT2D eigenvalue weighted by Gasteiger charge is -2.22. The Morgan fingerprint density at radius 3 is 2.76 bits per heavy atom. The van der Waals surface area contributed by atoms with Crippen LogP contribution in [0.25, 0.3) is 0 Å². The van der Waals surface area contributed by atoms with Gasteiger partial charge in [0, 0.05) is 26.4 Å². The molecule has 0 bridgehead atoms. The number of aromatic nitrogens is 1. The SMILES string of the molecule is COCCCOc1cc2c(nc1OC)C=NC(C(C)C)C2. The molecule has 0 saturated carbocycles. The van der Waals surface area contributed by atoms with Crippen molar-refractivity contribution in [2.75, 3.05) is 27.4 Å². The standard InChI is InChI=1S/C16H24N2O3/c1-11(2)13-8-12-9-15(21-7-5-6-19-3)16(20-4)18-14(12)10-17-13/h9-11,13H,5-8H2,1-4H3. The molecule has 1 aliphatic heterocycles. The lowest BCUT2D eigenvalue weighted by molar-refractivity contribution is 0.170. The highest BCUT2D eigenvalue weighted by Crippen LogP contribution is 2.30. The molecule has 1 aromatic heterocycles. The molecule has 0 radical (unpaired) electrons. The molecule has 1 aromatic rings. The third kappa shape index (κ3) is 3.94. The quantitative estimate of drug-likeness (QED) is 0.725. The maximum Gasteiger partial charge on any atom is 0.257 e. The van der Waals surface area contributed by atoms with E-state index >= 15 is 0 Å². The van der Waals surface area contributed by atoms with E-state index in [9.17, 15) is 0 Å². The summed E-state index contributed by atoms with van der Waals surface area (Å²) in [4.78, 5) is 9.06. The molecule has 1 aliphatic rings. The third-order valence-electron chi connectivity index (χ3n) is 3.60. The topological polar surface area (TPSA) is 52.9 Å². The van der Waals surface area contributed by atoms with Crippen molar-refractivity contribution in [2.24, 2.45) is 10.9 Å². The first-order valence-corrected chi connectivity index (χ1v) is 7.38. The predicted octanol–water partition coefficient (Wildman–Crippen LogP) is 2.51. The summed E-state index contributed by atoms with van der Waals surface area (Å²) < 4.78 is 16.1. The van der Waals surface area contributed by atoms with Crippen LogP contribution in [0, 0.1) is 5.92 Å². The molecule has 5 nitrogen and oxygen atoms in total. The molecule has 1 atom stereocenters. The number of pyridine rings is 1. The molecule has 2 rings (SSSR count). The molecule has 116 valence electrons. The lowest BCUT2D eigenvalue weighted by atomic mass is 9.94. The minimum absolute atomic E-state index is 0.314. The smallest absolute Gasteiger partial charge is 0.257 e. The largest absolute Gasteiger partial charge is 0.488 e. The van der Waals surface area contributed by atoms with Crippen LogP contribution in [0.5, 0.6) is 11.6 Å². The van der Waals surface area contributed by atoms with Crippen LogP contribution >= 0.6 is 0 Å². The van der Waals surface area contributed by atoms with E-state index < -0.39 is 0 Å². The Bertz CT molecular complexity index is 501. The molecule has 0 saturated heterocycles. The first-order valence-electron chi connectivity index (χ1n) is 7.38. The van der Waals surface area contributed by atoms with E-state index in [0.29, 0.717) is 36.8 Å². The number of hydrogen-bond donors (Lipinski definition) is 0. The summed E-state index contributed by atoms with van der Waals surface area (Å²) >= 11 is 0. The fraction of sp³-hybridized carbons (Fsp3) is 0.625. The Morgan fingerprint density at radius 1 is 1.29 bits per heavy atom. The van der Waals surface area contributed by atoms with Crippen LogP contribution in [-0.2, 0) is 11.2 Å². The summed E-state index contributed by atoms with van der Waals surface area (Å²) in [7, 11) is 3.29. The van der Waals surface area contributed by atoms with Gasteiger partial charge in [-0.1, -0.05) is 13.8 Å². The van der Waals surface area contributed by atoms with Crippen LogP contribution < -0.4 is 9.47 Å². The van der Waals surface area contributed by atoms with E-state index in [2.05, 4.69) is 23.8 Å². The molecule has 0 aliphatic carbocycles. The summed E-state index contributed by atoms with van der Waals surface area (Å²) in [5.41, 5.74) is 2.05. The Balaban J connectivity index is 2.15. The number of ether oxygens (including phenoxy) is 3. The van der Waals surface area contributed by atoms with Gasteiger partial charge in [0.1, 0.15) is 0 Å². The third-order valence-corrected chi connectivity index (χ3v) is 3.60. The van der Waals surface area contributed by atoms with Crippen molar-refractivity contribution < 1.29 is 14.2 Å². The number of aliphatic imine (C=N–C) groups is 1. The summed E-state index contributed by atoms with van der Waals surface area (Å²) in [6, 6.07) is 2.35. The Hall–Kier alpha value is -1.62. The molecule has 5 heteroatoms. The van der Waals surface area contributed by atoms with Gasteiger partial charge in [-0.2, -0.15) is 0 Å². The monoisotopic (exact) mass is 292 g/mol. The number of hydrogen-bond acceptors (Lipinski definition) is 5. The number of methoxy groups -OCH3 is 2. The zero-order chi connectivity index (χ0) is 15.2. The normalized spacial score (nSPS) is 16.9. The minimum atomic E-state index is 0.314. The maximum atomic E-state index is 5.78. The second-order valence-corrected chi connectivity index (χ2v) is 5.53. The van der Waals surface area contributed by atoms with E-state index in [-0.39, 0.29) is 0 Å². The number of rotatable bonds is 7. The Kier molecular flexibility index (Phi) is 5.56. The number of fused-ring (bicyclic) bond motifs is 1. The fourth-order valence-electron chi connectivity index (χ4n) is 2.29. The van der Waals surface area contributed by atoms with E-state index in [1.807, 2.05) is 12.3 Å².